The van der Waals surface area contributed by atoms with Gasteiger partial charge in [0.15, 0.2) is 0 Å². The van der Waals surface area contributed by atoms with Gasteiger partial charge in [0, 0.05) is 17.1 Å². The third-order valence-corrected chi connectivity index (χ3v) is 6.15. The molecule has 174 valence electrons. The molecular weight excluding hydrogens is 461 g/mol. The van der Waals surface area contributed by atoms with E-state index in [0.717, 1.165) is 18.2 Å². The van der Waals surface area contributed by atoms with Crippen LogP contribution in [-0.2, 0) is 16.2 Å². The fourth-order valence-corrected chi connectivity index (χ4v) is 4.26. The fraction of sp³-hybridized carbons (Fsp3) is 0.143. The topological polar surface area (TPSA) is 123 Å². The monoisotopic (exact) mass is 480 g/mol. The maximum absolute atomic E-state index is 13.5. The summed E-state index contributed by atoms with van der Waals surface area (Å²) < 4.78 is 67.2. The van der Waals surface area contributed by atoms with Crippen molar-refractivity contribution in [1.82, 2.24) is 9.29 Å². The minimum Gasteiger partial charge on any atom is -0.351 e. The first-order valence-electron chi connectivity index (χ1n) is 9.40. The molecule has 3 aromatic rings. The first-order chi connectivity index (χ1) is 15.3. The van der Waals surface area contributed by atoms with E-state index in [2.05, 4.69) is 5.32 Å². The minimum atomic E-state index is -4.58. The number of alkyl halides is 3. The number of aryl methyl sites for hydroxylation is 1. The van der Waals surface area contributed by atoms with Crippen LogP contribution in [-0.4, -0.2) is 24.9 Å². The van der Waals surface area contributed by atoms with Crippen molar-refractivity contribution in [2.24, 2.45) is 5.73 Å². The number of anilines is 1. The molecule has 0 saturated carbocycles. The SMILES string of the molecule is Cc1cc(C(=O)Nc2ccc(S(=O)(=O)NC(N)=O)cc2)c(C)n1-c1ccccc1C(F)(F)F. The molecule has 12 heteroatoms. The number of carbonyl (C=O) groups is 2. The molecule has 4 N–H and O–H groups in total. The summed E-state index contributed by atoms with van der Waals surface area (Å²) in [6, 6.07) is 10.2. The Morgan fingerprint density at radius 2 is 1.61 bits per heavy atom. The smallest absolute Gasteiger partial charge is 0.351 e. The van der Waals surface area contributed by atoms with Gasteiger partial charge in [-0.05, 0) is 56.3 Å². The standard InChI is InChI=1S/C21H19F3N4O4S/c1-12-11-16(13(2)28(12)18-6-4-3-5-17(18)21(22,23)24)19(29)26-14-7-9-15(10-8-14)33(31,32)27-20(25)30/h3-11H,1-2H3,(H,26,29)(H3,25,27,30). The van der Waals surface area contributed by atoms with Gasteiger partial charge in [-0.3, -0.25) is 4.79 Å². The number of nitrogens with zero attached hydrogens (tertiary/aromatic N) is 1. The molecule has 0 aliphatic rings. The van der Waals surface area contributed by atoms with Crippen LogP contribution < -0.4 is 15.8 Å². The van der Waals surface area contributed by atoms with Gasteiger partial charge in [-0.1, -0.05) is 12.1 Å². The van der Waals surface area contributed by atoms with Crippen LogP contribution >= 0.6 is 0 Å². The minimum absolute atomic E-state index is 0.101. The van der Waals surface area contributed by atoms with Crippen LogP contribution in [0.5, 0.6) is 0 Å². The largest absolute Gasteiger partial charge is 0.418 e. The molecule has 0 bridgehead atoms. The number of amides is 3. The number of primary amides is 1. The molecule has 3 rings (SSSR count). The molecule has 2 aromatic carbocycles. The number of rotatable bonds is 5. The Morgan fingerprint density at radius 1 is 1.00 bits per heavy atom. The predicted molar refractivity (Wildman–Crippen MR) is 115 cm³/mol. The summed E-state index contributed by atoms with van der Waals surface area (Å²) in [7, 11) is -4.15. The molecule has 0 spiro atoms. The van der Waals surface area contributed by atoms with Gasteiger partial charge in [-0.15, -0.1) is 0 Å². The molecule has 3 amide bonds. The van der Waals surface area contributed by atoms with Gasteiger partial charge in [-0.25, -0.2) is 17.9 Å². The highest BCUT2D eigenvalue weighted by Gasteiger charge is 2.34. The number of halogens is 3. The Labute approximate surface area is 187 Å². The Balaban J connectivity index is 1.90. The average molecular weight is 480 g/mol. The van der Waals surface area contributed by atoms with Gasteiger partial charge in [0.1, 0.15) is 0 Å². The van der Waals surface area contributed by atoms with Crippen LogP contribution in [0.1, 0.15) is 27.3 Å². The summed E-state index contributed by atoms with van der Waals surface area (Å²) in [5, 5.41) is 2.57. The molecule has 33 heavy (non-hydrogen) atoms. The zero-order chi connectivity index (χ0) is 24.6. The van der Waals surface area contributed by atoms with Gasteiger partial charge in [0.25, 0.3) is 15.9 Å². The Kier molecular flexibility index (Phi) is 6.23. The van der Waals surface area contributed by atoms with Crippen LogP contribution in [0.2, 0.25) is 0 Å². The number of para-hydroxylation sites is 1. The number of nitrogens with two attached hydrogens (primary N) is 1. The lowest BCUT2D eigenvalue weighted by Crippen LogP contribution is -2.34. The van der Waals surface area contributed by atoms with Crippen molar-refractivity contribution in [3.8, 4) is 5.69 Å². The number of benzene rings is 2. The van der Waals surface area contributed by atoms with E-state index in [1.807, 2.05) is 0 Å². The van der Waals surface area contributed by atoms with Crippen molar-refractivity contribution in [2.45, 2.75) is 24.9 Å². The van der Waals surface area contributed by atoms with Gasteiger partial charge < -0.3 is 15.6 Å². The summed E-state index contributed by atoms with van der Waals surface area (Å²) in [6.07, 6.45) is -4.58. The summed E-state index contributed by atoms with van der Waals surface area (Å²) in [6.45, 7) is 3.11. The van der Waals surface area contributed by atoms with E-state index in [0.29, 0.717) is 11.4 Å². The maximum atomic E-state index is 13.5. The lowest BCUT2D eigenvalue weighted by molar-refractivity contribution is -0.137. The highest BCUT2D eigenvalue weighted by molar-refractivity contribution is 7.90. The highest BCUT2D eigenvalue weighted by Crippen LogP contribution is 2.35. The van der Waals surface area contributed by atoms with Crippen LogP contribution in [0.25, 0.3) is 5.69 Å². The van der Waals surface area contributed by atoms with E-state index in [1.54, 1.807) is 11.6 Å². The lowest BCUT2D eigenvalue weighted by Gasteiger charge is -2.16. The van der Waals surface area contributed by atoms with Crippen molar-refractivity contribution >= 4 is 27.6 Å². The number of urea groups is 1. The first-order valence-corrected chi connectivity index (χ1v) is 10.9. The van der Waals surface area contributed by atoms with Crippen LogP contribution in [0.4, 0.5) is 23.7 Å². The third kappa shape index (κ3) is 5.00. The highest BCUT2D eigenvalue weighted by atomic mass is 32.2. The van der Waals surface area contributed by atoms with Crippen molar-refractivity contribution < 1.29 is 31.2 Å². The molecule has 0 radical (unpaired) electrons. The predicted octanol–water partition coefficient (Wildman–Crippen LogP) is 3.72. The van der Waals surface area contributed by atoms with Gasteiger partial charge in [0.05, 0.1) is 21.7 Å². The molecule has 0 atom stereocenters. The quantitative estimate of drug-likeness (QED) is 0.515. The normalized spacial score (nSPS) is 11.8. The summed E-state index contributed by atoms with van der Waals surface area (Å²) in [4.78, 5) is 23.4. The number of carbonyl (C=O) groups excluding carboxylic acids is 2. The number of nitrogens with one attached hydrogen (secondary N) is 2. The van der Waals surface area contributed by atoms with Crippen LogP contribution in [0.15, 0.2) is 59.5 Å². The fourth-order valence-electron chi connectivity index (χ4n) is 3.38. The van der Waals surface area contributed by atoms with Gasteiger partial charge >= 0.3 is 12.2 Å². The molecule has 1 heterocycles. The molecule has 8 nitrogen and oxygen atoms in total. The zero-order valence-electron chi connectivity index (χ0n) is 17.4. The molecule has 0 aliphatic carbocycles. The Hall–Kier alpha value is -3.80. The molecule has 0 aliphatic heterocycles. The second-order valence-corrected chi connectivity index (χ2v) is 8.77. The zero-order valence-corrected chi connectivity index (χ0v) is 18.2. The third-order valence-electron chi connectivity index (χ3n) is 4.78. The van der Waals surface area contributed by atoms with Crippen LogP contribution in [0, 0.1) is 13.8 Å². The average Bonchev–Trinajstić information content (AvgIpc) is 3.01. The summed E-state index contributed by atoms with van der Waals surface area (Å²) in [5.74, 6) is -0.593. The molecular formula is C21H19F3N4O4S. The van der Waals surface area contributed by atoms with Gasteiger partial charge in [-0.2, -0.15) is 13.2 Å². The maximum Gasteiger partial charge on any atom is 0.418 e. The number of hydrogen-bond acceptors (Lipinski definition) is 4. The summed E-state index contributed by atoms with van der Waals surface area (Å²) in [5.41, 5.74) is 5.00. The van der Waals surface area contributed by atoms with E-state index >= 15 is 0 Å². The Bertz CT molecular complexity index is 1330. The molecule has 0 unspecified atom stereocenters. The van der Waals surface area contributed by atoms with Crippen molar-refractivity contribution in [1.29, 1.82) is 0 Å². The van der Waals surface area contributed by atoms with E-state index < -0.39 is 33.7 Å². The van der Waals surface area contributed by atoms with Gasteiger partial charge in [0.2, 0.25) is 0 Å². The van der Waals surface area contributed by atoms with E-state index in [-0.39, 0.29) is 21.8 Å². The molecule has 0 saturated heterocycles. The Morgan fingerprint density at radius 3 is 2.18 bits per heavy atom. The van der Waals surface area contributed by atoms with Crippen LogP contribution in [0.3, 0.4) is 0 Å². The van der Waals surface area contributed by atoms with Crippen molar-refractivity contribution in [3.05, 3.63) is 77.1 Å². The number of hydrogen-bond donors (Lipinski definition) is 3. The molecule has 0 fully saturated rings. The second kappa shape index (κ2) is 8.62. The second-order valence-electron chi connectivity index (χ2n) is 7.08. The molecule has 1 aromatic heterocycles. The van der Waals surface area contributed by atoms with Crippen molar-refractivity contribution in [3.63, 3.8) is 0 Å². The van der Waals surface area contributed by atoms with E-state index in [4.69, 9.17) is 5.73 Å². The van der Waals surface area contributed by atoms with E-state index in [9.17, 15) is 31.2 Å². The number of sulfonamides is 1. The van der Waals surface area contributed by atoms with Crippen molar-refractivity contribution in [2.75, 3.05) is 5.32 Å². The first kappa shape index (κ1) is 23.9. The lowest BCUT2D eigenvalue weighted by atomic mass is 10.1. The summed E-state index contributed by atoms with van der Waals surface area (Å²) >= 11 is 0. The van der Waals surface area contributed by atoms with E-state index in [1.165, 1.54) is 47.9 Å². The number of aromatic nitrogens is 1.